The van der Waals surface area contributed by atoms with Crippen LogP contribution in [0.4, 0.5) is 5.13 Å². The molecule has 3 nitrogen and oxygen atoms in total. The molecule has 0 spiro atoms. The summed E-state index contributed by atoms with van der Waals surface area (Å²) in [6, 6.07) is 15.8. The molecule has 0 atom stereocenters. The van der Waals surface area contributed by atoms with E-state index in [0.29, 0.717) is 10.7 Å². The maximum absolute atomic E-state index is 12.3. The predicted octanol–water partition coefficient (Wildman–Crippen LogP) is 5.37. The molecule has 0 bridgehead atoms. The van der Waals surface area contributed by atoms with Gasteiger partial charge in [-0.2, -0.15) is 0 Å². The van der Waals surface area contributed by atoms with Crippen molar-refractivity contribution in [1.82, 2.24) is 4.98 Å². The number of aromatic nitrogens is 1. The molecule has 0 saturated heterocycles. The molecule has 2 aromatic carbocycles. The van der Waals surface area contributed by atoms with Crippen molar-refractivity contribution in [3.8, 4) is 0 Å². The van der Waals surface area contributed by atoms with E-state index in [4.69, 9.17) is 0 Å². The lowest BCUT2D eigenvalue weighted by Gasteiger charge is -2.02. The summed E-state index contributed by atoms with van der Waals surface area (Å²) >= 11 is 4.98. The zero-order valence-electron chi connectivity index (χ0n) is 13.5. The number of thiazole rings is 1. The average molecular weight is 401 g/mol. The first kappa shape index (κ1) is 16.9. The van der Waals surface area contributed by atoms with Crippen LogP contribution in [0, 0.1) is 13.8 Å². The van der Waals surface area contributed by atoms with Crippen LogP contribution < -0.4 is 5.32 Å². The summed E-state index contributed by atoms with van der Waals surface area (Å²) in [7, 11) is 0. The number of carbonyl (C=O) groups is 1. The van der Waals surface area contributed by atoms with Gasteiger partial charge in [-0.3, -0.25) is 10.1 Å². The molecule has 24 heavy (non-hydrogen) atoms. The van der Waals surface area contributed by atoms with Gasteiger partial charge in [-0.25, -0.2) is 4.98 Å². The second kappa shape index (κ2) is 7.28. The molecule has 1 N–H and O–H groups in total. The van der Waals surface area contributed by atoms with Crippen molar-refractivity contribution in [2.24, 2.45) is 0 Å². The van der Waals surface area contributed by atoms with Gasteiger partial charge >= 0.3 is 0 Å². The van der Waals surface area contributed by atoms with Crippen LogP contribution in [0.15, 0.2) is 53.0 Å². The fourth-order valence-electron chi connectivity index (χ4n) is 2.31. The average Bonchev–Trinajstić information content (AvgIpc) is 2.89. The molecule has 1 aromatic heterocycles. The summed E-state index contributed by atoms with van der Waals surface area (Å²) < 4.78 is 1.07. The molecule has 5 heteroatoms. The van der Waals surface area contributed by atoms with E-state index in [9.17, 15) is 4.79 Å². The molecule has 0 aliphatic rings. The molecular formula is C19H17BrN2OS. The number of aryl methyl sites for hydroxylation is 2. The lowest BCUT2D eigenvalue weighted by molar-refractivity contribution is 0.102. The minimum absolute atomic E-state index is 0.126. The molecule has 0 saturated carbocycles. The van der Waals surface area contributed by atoms with Gasteiger partial charge < -0.3 is 0 Å². The summed E-state index contributed by atoms with van der Waals surface area (Å²) in [5.74, 6) is -0.126. The van der Waals surface area contributed by atoms with Gasteiger partial charge in [0.25, 0.3) is 5.91 Å². The molecule has 0 aliphatic heterocycles. The van der Waals surface area contributed by atoms with E-state index >= 15 is 0 Å². The normalized spacial score (nSPS) is 10.6. The molecule has 3 aromatic rings. The van der Waals surface area contributed by atoms with E-state index in [1.807, 2.05) is 50.2 Å². The topological polar surface area (TPSA) is 42.0 Å². The van der Waals surface area contributed by atoms with E-state index in [1.54, 1.807) is 0 Å². The number of nitrogens with zero attached hydrogens (tertiary/aromatic N) is 1. The van der Waals surface area contributed by atoms with Gasteiger partial charge in [0.05, 0.1) is 5.69 Å². The molecule has 0 fully saturated rings. The number of rotatable bonds is 4. The monoisotopic (exact) mass is 400 g/mol. The Kier molecular flexibility index (Phi) is 5.11. The Morgan fingerprint density at radius 2 is 1.75 bits per heavy atom. The molecule has 0 radical (unpaired) electrons. The van der Waals surface area contributed by atoms with Crippen LogP contribution in [0.5, 0.6) is 0 Å². The largest absolute Gasteiger partial charge is 0.298 e. The van der Waals surface area contributed by atoms with Gasteiger partial charge in [-0.05, 0) is 43.7 Å². The van der Waals surface area contributed by atoms with Crippen molar-refractivity contribution < 1.29 is 4.79 Å². The van der Waals surface area contributed by atoms with Gasteiger partial charge in [-0.15, -0.1) is 11.3 Å². The van der Waals surface area contributed by atoms with Crippen LogP contribution in [-0.2, 0) is 6.42 Å². The number of halogens is 1. The zero-order valence-corrected chi connectivity index (χ0v) is 15.9. The van der Waals surface area contributed by atoms with E-state index < -0.39 is 0 Å². The Morgan fingerprint density at radius 1 is 1.08 bits per heavy atom. The maximum Gasteiger partial charge on any atom is 0.257 e. The first-order chi connectivity index (χ1) is 11.5. The smallest absolute Gasteiger partial charge is 0.257 e. The summed E-state index contributed by atoms with van der Waals surface area (Å²) in [6.45, 7) is 3.98. The fourth-order valence-corrected chi connectivity index (χ4v) is 3.56. The number of nitrogens with one attached hydrogen (secondary N) is 1. The molecule has 0 unspecified atom stereocenters. The highest BCUT2D eigenvalue weighted by molar-refractivity contribution is 9.10. The predicted molar refractivity (Wildman–Crippen MR) is 103 cm³/mol. The minimum atomic E-state index is -0.126. The van der Waals surface area contributed by atoms with Gasteiger partial charge in [0.1, 0.15) is 0 Å². The molecule has 1 heterocycles. The Balaban J connectivity index is 1.72. The Morgan fingerprint density at radius 3 is 2.42 bits per heavy atom. The van der Waals surface area contributed by atoms with Gasteiger partial charge in [-0.1, -0.05) is 45.8 Å². The maximum atomic E-state index is 12.3. The third-order valence-electron chi connectivity index (χ3n) is 3.70. The number of anilines is 1. The third kappa shape index (κ3) is 4.10. The Hall–Kier alpha value is -1.98. The van der Waals surface area contributed by atoms with E-state index in [-0.39, 0.29) is 5.91 Å². The van der Waals surface area contributed by atoms with Gasteiger partial charge in [0.2, 0.25) is 0 Å². The quantitative estimate of drug-likeness (QED) is 0.639. The lowest BCUT2D eigenvalue weighted by atomic mass is 10.1. The van der Waals surface area contributed by atoms with Crippen molar-refractivity contribution in [1.29, 1.82) is 0 Å². The zero-order chi connectivity index (χ0) is 17.1. The lowest BCUT2D eigenvalue weighted by Crippen LogP contribution is -2.11. The fraction of sp³-hybridized carbons (Fsp3) is 0.158. The summed E-state index contributed by atoms with van der Waals surface area (Å²) in [5.41, 5.74) is 3.96. The summed E-state index contributed by atoms with van der Waals surface area (Å²) in [5, 5.41) is 3.54. The third-order valence-corrected chi connectivity index (χ3v) is 5.31. The summed E-state index contributed by atoms with van der Waals surface area (Å²) in [6.07, 6.45) is 0.817. The standard InChI is InChI=1S/C19H17BrN2OS/c1-12-3-7-15(8-4-12)18(23)22-19-21-13(2)17(24-19)11-14-5-9-16(20)10-6-14/h3-10H,11H2,1-2H3,(H,21,22,23). The first-order valence-corrected chi connectivity index (χ1v) is 9.21. The highest BCUT2D eigenvalue weighted by atomic mass is 79.9. The molecular weight excluding hydrogens is 384 g/mol. The SMILES string of the molecule is Cc1ccc(C(=O)Nc2nc(C)c(Cc3ccc(Br)cc3)s2)cc1. The Bertz CT molecular complexity index is 854. The minimum Gasteiger partial charge on any atom is -0.298 e. The number of carbonyl (C=O) groups excluding carboxylic acids is 1. The van der Waals surface area contributed by atoms with Crippen molar-refractivity contribution in [3.05, 3.63) is 80.3 Å². The van der Waals surface area contributed by atoms with Crippen molar-refractivity contribution >= 4 is 38.3 Å². The van der Waals surface area contributed by atoms with Crippen molar-refractivity contribution in [2.75, 3.05) is 5.32 Å². The molecule has 3 rings (SSSR count). The highest BCUT2D eigenvalue weighted by Crippen LogP contribution is 2.26. The second-order valence-corrected chi connectivity index (χ2v) is 7.65. The van der Waals surface area contributed by atoms with Crippen LogP contribution in [0.25, 0.3) is 0 Å². The van der Waals surface area contributed by atoms with Crippen LogP contribution in [-0.4, -0.2) is 10.9 Å². The van der Waals surface area contributed by atoms with Crippen LogP contribution >= 0.6 is 27.3 Å². The Labute approximate surface area is 153 Å². The van der Waals surface area contributed by atoms with Crippen LogP contribution in [0.3, 0.4) is 0 Å². The highest BCUT2D eigenvalue weighted by Gasteiger charge is 2.12. The van der Waals surface area contributed by atoms with Crippen molar-refractivity contribution in [2.45, 2.75) is 20.3 Å². The number of hydrogen-bond acceptors (Lipinski definition) is 3. The van der Waals surface area contributed by atoms with Crippen LogP contribution in [0.1, 0.15) is 32.1 Å². The molecule has 0 aliphatic carbocycles. The van der Waals surface area contributed by atoms with Gasteiger partial charge in [0, 0.05) is 21.3 Å². The summed E-state index contributed by atoms with van der Waals surface area (Å²) in [4.78, 5) is 17.9. The van der Waals surface area contributed by atoms with E-state index in [2.05, 4.69) is 38.4 Å². The molecule has 122 valence electrons. The van der Waals surface area contributed by atoms with E-state index in [1.165, 1.54) is 16.9 Å². The van der Waals surface area contributed by atoms with E-state index in [0.717, 1.165) is 27.0 Å². The number of hydrogen-bond donors (Lipinski definition) is 1. The van der Waals surface area contributed by atoms with Gasteiger partial charge in [0.15, 0.2) is 5.13 Å². The number of benzene rings is 2. The number of amides is 1. The first-order valence-electron chi connectivity index (χ1n) is 7.60. The molecule has 1 amide bonds. The van der Waals surface area contributed by atoms with Crippen molar-refractivity contribution in [3.63, 3.8) is 0 Å². The van der Waals surface area contributed by atoms with Crippen LogP contribution in [0.2, 0.25) is 0 Å². The second-order valence-electron chi connectivity index (χ2n) is 5.65.